The number of allylic oxidation sites excluding steroid dienone is 1. The average Bonchev–Trinajstić information content (AvgIpc) is 2.54. The molecule has 2 aromatic rings. The number of benzene rings is 2. The van der Waals surface area contributed by atoms with E-state index in [0.717, 1.165) is 6.07 Å². The summed E-state index contributed by atoms with van der Waals surface area (Å²) in [5.41, 5.74) is 0.469. The molecular formula is C19H14F3IN2O. The zero-order chi connectivity index (χ0) is 19.2. The molecule has 0 amide bonds. The van der Waals surface area contributed by atoms with Crippen LogP contribution in [0.15, 0.2) is 55.0 Å². The number of aliphatic hydroxyl groups is 1. The van der Waals surface area contributed by atoms with Crippen LogP contribution in [-0.4, -0.2) is 12.2 Å². The van der Waals surface area contributed by atoms with Gasteiger partial charge in [0.05, 0.1) is 17.1 Å². The predicted molar refractivity (Wildman–Crippen MR) is 106 cm³/mol. The van der Waals surface area contributed by atoms with Gasteiger partial charge in [-0.1, -0.05) is 13.2 Å². The highest BCUT2D eigenvalue weighted by molar-refractivity contribution is 14.1. The van der Waals surface area contributed by atoms with Crippen molar-refractivity contribution in [1.29, 1.82) is 0 Å². The number of aliphatic hydroxyl groups excluding tert-OH is 1. The highest BCUT2D eigenvalue weighted by atomic mass is 127. The molecule has 1 aliphatic heterocycles. The van der Waals surface area contributed by atoms with Crippen LogP contribution in [0, 0.1) is 21.0 Å². The molecular weight excluding hydrogens is 456 g/mol. The third kappa shape index (κ3) is 3.07. The van der Waals surface area contributed by atoms with E-state index < -0.39 is 17.5 Å². The Balaban J connectivity index is 2.21. The molecule has 1 aliphatic rings. The smallest absolute Gasteiger partial charge is 0.150 e. The van der Waals surface area contributed by atoms with Gasteiger partial charge in [0.1, 0.15) is 17.4 Å². The van der Waals surface area contributed by atoms with Crippen molar-refractivity contribution in [3.8, 4) is 0 Å². The van der Waals surface area contributed by atoms with Crippen LogP contribution >= 0.6 is 22.6 Å². The number of anilines is 3. The number of nitrogens with one attached hydrogen (secondary N) is 1. The molecule has 0 atom stereocenters. The predicted octanol–water partition coefficient (Wildman–Crippen LogP) is 5.87. The first-order valence-electron chi connectivity index (χ1n) is 7.47. The summed E-state index contributed by atoms with van der Waals surface area (Å²) in [5.74, 6) is -2.57. The lowest BCUT2D eigenvalue weighted by Gasteiger charge is -2.30. The molecule has 3 rings (SSSR count). The van der Waals surface area contributed by atoms with E-state index in [2.05, 4.69) is 18.5 Å². The van der Waals surface area contributed by atoms with E-state index in [-0.39, 0.29) is 39.5 Å². The molecule has 2 aromatic carbocycles. The van der Waals surface area contributed by atoms with Gasteiger partial charge in [-0.25, -0.2) is 13.2 Å². The minimum Gasteiger partial charge on any atom is -0.508 e. The van der Waals surface area contributed by atoms with Crippen molar-refractivity contribution in [1.82, 2.24) is 0 Å². The lowest BCUT2D eigenvalue weighted by molar-refractivity contribution is 0.429. The van der Waals surface area contributed by atoms with Crippen molar-refractivity contribution in [2.24, 2.45) is 0 Å². The fourth-order valence-electron chi connectivity index (χ4n) is 2.81. The third-order valence-corrected chi connectivity index (χ3v) is 4.68. The molecule has 0 spiro atoms. The fourth-order valence-corrected chi connectivity index (χ4v) is 3.27. The molecule has 3 nitrogen and oxygen atoms in total. The Hall–Kier alpha value is -2.42. The molecule has 1 heterocycles. The van der Waals surface area contributed by atoms with Gasteiger partial charge in [-0.05, 0) is 46.4 Å². The summed E-state index contributed by atoms with van der Waals surface area (Å²) >= 11 is 1.96. The Morgan fingerprint density at radius 3 is 2.46 bits per heavy atom. The Kier molecular flexibility index (Phi) is 4.74. The van der Waals surface area contributed by atoms with E-state index >= 15 is 0 Å². The number of halogens is 4. The molecule has 0 saturated carbocycles. The van der Waals surface area contributed by atoms with Gasteiger partial charge in [0, 0.05) is 34.0 Å². The fraction of sp³-hybridized carbons (Fsp3) is 0.0526. The lowest BCUT2D eigenvalue weighted by Crippen LogP contribution is -2.20. The SMILES string of the molecule is C=C(O)C1=CN(C)c2c(F)cc(F)c(Nc3ccc(I)cc3F)c2C1=C. The lowest BCUT2D eigenvalue weighted by atomic mass is 9.91. The van der Waals surface area contributed by atoms with Crippen molar-refractivity contribution in [2.45, 2.75) is 0 Å². The zero-order valence-electron chi connectivity index (χ0n) is 13.7. The van der Waals surface area contributed by atoms with Gasteiger partial charge in [-0.15, -0.1) is 0 Å². The normalized spacial score (nSPS) is 13.3. The third-order valence-electron chi connectivity index (χ3n) is 4.01. The number of rotatable bonds is 3. The monoisotopic (exact) mass is 470 g/mol. The van der Waals surface area contributed by atoms with Crippen LogP contribution in [0.2, 0.25) is 0 Å². The minimum atomic E-state index is -0.904. The number of nitrogens with zero attached hydrogens (tertiary/aromatic N) is 1. The van der Waals surface area contributed by atoms with Crippen molar-refractivity contribution in [2.75, 3.05) is 17.3 Å². The molecule has 0 bridgehead atoms. The maximum Gasteiger partial charge on any atom is 0.150 e. The van der Waals surface area contributed by atoms with Gasteiger partial charge in [0.2, 0.25) is 0 Å². The maximum absolute atomic E-state index is 14.6. The van der Waals surface area contributed by atoms with E-state index in [4.69, 9.17) is 0 Å². The molecule has 2 N–H and O–H groups in total. The van der Waals surface area contributed by atoms with Crippen molar-refractivity contribution in [3.63, 3.8) is 0 Å². The molecule has 0 radical (unpaired) electrons. The van der Waals surface area contributed by atoms with Gasteiger partial charge in [-0.3, -0.25) is 0 Å². The van der Waals surface area contributed by atoms with Crippen molar-refractivity contribution in [3.05, 3.63) is 81.5 Å². The first-order chi connectivity index (χ1) is 12.2. The molecule has 0 unspecified atom stereocenters. The van der Waals surface area contributed by atoms with Crippen LogP contribution in [0.25, 0.3) is 5.57 Å². The molecule has 0 aromatic heterocycles. The Labute approximate surface area is 162 Å². The van der Waals surface area contributed by atoms with Crippen LogP contribution in [-0.2, 0) is 0 Å². The summed E-state index contributed by atoms with van der Waals surface area (Å²) in [5, 5.41) is 12.5. The first-order valence-corrected chi connectivity index (χ1v) is 8.55. The standard InChI is InChI=1S/C19H14F3IN2O/c1-9-12(10(2)26)8-25(3)19-15(22)7-14(21)18(17(9)19)24-16-5-4-11(23)6-13(16)20/h4-8,24,26H,1-2H2,3H3. The summed E-state index contributed by atoms with van der Waals surface area (Å²) in [7, 11) is 1.55. The topological polar surface area (TPSA) is 35.5 Å². The van der Waals surface area contributed by atoms with Crippen LogP contribution in [0.5, 0.6) is 0 Å². The van der Waals surface area contributed by atoms with Gasteiger partial charge >= 0.3 is 0 Å². The van der Waals surface area contributed by atoms with Crippen LogP contribution < -0.4 is 10.2 Å². The van der Waals surface area contributed by atoms with Gasteiger partial charge in [0.15, 0.2) is 5.82 Å². The first kappa shape index (κ1) is 18.4. The van der Waals surface area contributed by atoms with Crippen molar-refractivity contribution >= 4 is 45.2 Å². The molecule has 7 heteroatoms. The molecule has 0 fully saturated rings. The second-order valence-corrected chi connectivity index (χ2v) is 7.01. The molecule has 134 valence electrons. The quantitative estimate of drug-likeness (QED) is 0.435. The second-order valence-electron chi connectivity index (χ2n) is 5.77. The molecule has 26 heavy (non-hydrogen) atoms. The highest BCUT2D eigenvalue weighted by Gasteiger charge is 2.29. The zero-order valence-corrected chi connectivity index (χ0v) is 15.9. The number of hydrogen-bond donors (Lipinski definition) is 2. The number of hydrogen-bond acceptors (Lipinski definition) is 3. The summed E-state index contributed by atoms with van der Waals surface area (Å²) < 4.78 is 43.8. The van der Waals surface area contributed by atoms with E-state index in [0.29, 0.717) is 3.57 Å². The van der Waals surface area contributed by atoms with Gasteiger partial charge in [-0.2, -0.15) is 0 Å². The summed E-state index contributed by atoms with van der Waals surface area (Å²) in [6, 6.07) is 5.13. The molecule has 0 aliphatic carbocycles. The second kappa shape index (κ2) is 6.71. The van der Waals surface area contributed by atoms with Crippen molar-refractivity contribution < 1.29 is 18.3 Å². The number of fused-ring (bicyclic) bond motifs is 1. The minimum absolute atomic E-state index is 0.0347. The Morgan fingerprint density at radius 2 is 1.85 bits per heavy atom. The average molecular weight is 470 g/mol. The van der Waals surface area contributed by atoms with Crippen LogP contribution in [0.3, 0.4) is 0 Å². The van der Waals surface area contributed by atoms with E-state index in [1.54, 1.807) is 13.1 Å². The largest absolute Gasteiger partial charge is 0.508 e. The maximum atomic E-state index is 14.6. The van der Waals surface area contributed by atoms with Gasteiger partial charge < -0.3 is 15.3 Å². The summed E-state index contributed by atoms with van der Waals surface area (Å²) in [6.07, 6.45) is 1.45. The molecule has 0 saturated heterocycles. The highest BCUT2D eigenvalue weighted by Crippen LogP contribution is 2.45. The summed E-state index contributed by atoms with van der Waals surface area (Å²) in [4.78, 5) is 1.39. The Bertz CT molecular complexity index is 985. The Morgan fingerprint density at radius 1 is 1.15 bits per heavy atom. The van der Waals surface area contributed by atoms with Crippen LogP contribution in [0.1, 0.15) is 5.56 Å². The van der Waals surface area contributed by atoms with Crippen LogP contribution in [0.4, 0.5) is 30.2 Å². The summed E-state index contributed by atoms with van der Waals surface area (Å²) in [6.45, 7) is 7.28. The van der Waals surface area contributed by atoms with E-state index in [1.165, 1.54) is 23.2 Å². The van der Waals surface area contributed by atoms with E-state index in [9.17, 15) is 18.3 Å². The van der Waals surface area contributed by atoms with Gasteiger partial charge in [0.25, 0.3) is 0 Å². The van der Waals surface area contributed by atoms with E-state index in [1.807, 2.05) is 22.6 Å².